The van der Waals surface area contributed by atoms with Gasteiger partial charge in [-0.3, -0.25) is 0 Å². The van der Waals surface area contributed by atoms with E-state index >= 15 is 0 Å². The van der Waals surface area contributed by atoms with Crippen LogP contribution in [-0.2, 0) is 0 Å². The minimum atomic E-state index is -1.10. The van der Waals surface area contributed by atoms with Gasteiger partial charge in [0.05, 0.1) is 12.5 Å². The lowest BCUT2D eigenvalue weighted by atomic mass is 10.4. The van der Waals surface area contributed by atoms with E-state index in [0.29, 0.717) is 10.8 Å². The first kappa shape index (κ1) is 12.7. The average Bonchev–Trinajstić information content (AvgIpc) is 2.07. The van der Waals surface area contributed by atoms with Crippen molar-refractivity contribution in [3.63, 3.8) is 0 Å². The third kappa shape index (κ3) is 4.78. The molecule has 0 aliphatic carbocycles. The van der Waals surface area contributed by atoms with Crippen LogP contribution in [0.5, 0.6) is 0 Å². The molecule has 5 heteroatoms. The predicted octanol–water partition coefficient (Wildman–Crippen LogP) is 3.58. The Balaban J connectivity index is 2.81. The molecule has 1 aromatic heterocycles. The minimum absolute atomic E-state index is 0.373. The van der Waals surface area contributed by atoms with E-state index in [0.717, 1.165) is 10.5 Å². The van der Waals surface area contributed by atoms with Gasteiger partial charge in [0.15, 0.2) is 5.15 Å². The van der Waals surface area contributed by atoms with Crippen molar-refractivity contribution in [1.82, 2.24) is 10.2 Å². The van der Waals surface area contributed by atoms with E-state index in [1.54, 1.807) is 6.07 Å². The normalized spacial score (nSPS) is 10.7. The van der Waals surface area contributed by atoms with Crippen LogP contribution in [0.2, 0.25) is 30.8 Å². The second-order valence-corrected chi connectivity index (χ2v) is 11.1. The Hall–Kier alpha value is -0.373. The van der Waals surface area contributed by atoms with Crippen LogP contribution in [0.25, 0.3) is 0 Å². The molecule has 0 fully saturated rings. The van der Waals surface area contributed by atoms with E-state index in [9.17, 15) is 0 Å². The lowest BCUT2D eigenvalue weighted by molar-refractivity contribution is 1.01. The first-order valence-corrected chi connectivity index (χ1v) is 9.44. The average molecular weight is 304 g/mol. The number of rotatable bonds is 1. The number of hydrogen-bond donors (Lipinski definition) is 0. The SMILES string of the molecule is C[Si](C)(C)CC#Cc1nnc(Cl)cc1Br. The Kier molecular flexibility index (Phi) is 4.32. The molecule has 2 nitrogen and oxygen atoms in total. The number of nitrogens with zero attached hydrogens (tertiary/aromatic N) is 2. The number of hydrogen-bond acceptors (Lipinski definition) is 2. The number of aromatic nitrogens is 2. The molecule has 1 aromatic rings. The summed E-state index contributed by atoms with van der Waals surface area (Å²) in [7, 11) is -1.10. The van der Waals surface area contributed by atoms with Gasteiger partial charge in [-0.05, 0) is 27.9 Å². The third-order valence-electron chi connectivity index (χ3n) is 1.54. The quantitative estimate of drug-likeness (QED) is 0.585. The van der Waals surface area contributed by atoms with Gasteiger partial charge in [-0.25, -0.2) is 0 Å². The van der Waals surface area contributed by atoms with Gasteiger partial charge in [0.1, 0.15) is 5.69 Å². The molecule has 0 unspecified atom stereocenters. The summed E-state index contributed by atoms with van der Waals surface area (Å²) in [6.07, 6.45) is 0. The molecule has 0 N–H and O–H groups in total. The van der Waals surface area contributed by atoms with Gasteiger partial charge in [-0.15, -0.1) is 10.2 Å². The summed E-state index contributed by atoms with van der Waals surface area (Å²) in [5, 5.41) is 8.03. The van der Waals surface area contributed by atoms with Crippen molar-refractivity contribution in [1.29, 1.82) is 0 Å². The van der Waals surface area contributed by atoms with Gasteiger partial charge in [0.2, 0.25) is 0 Å². The van der Waals surface area contributed by atoms with Crippen LogP contribution in [0.4, 0.5) is 0 Å². The van der Waals surface area contributed by atoms with Crippen molar-refractivity contribution in [3.05, 3.63) is 21.4 Å². The summed E-state index contributed by atoms with van der Waals surface area (Å²) >= 11 is 9.03. The van der Waals surface area contributed by atoms with Crippen LogP contribution in [0.15, 0.2) is 10.5 Å². The highest BCUT2D eigenvalue weighted by Crippen LogP contribution is 2.16. The lowest BCUT2D eigenvalue weighted by Gasteiger charge is -2.09. The molecule has 0 bridgehead atoms. The summed E-state index contributed by atoms with van der Waals surface area (Å²) < 4.78 is 0.797. The molecular formula is C10H12BrClN2Si. The molecule has 1 rings (SSSR count). The molecule has 0 spiro atoms. The molecule has 15 heavy (non-hydrogen) atoms. The first-order chi connectivity index (χ1) is 6.88. The van der Waals surface area contributed by atoms with Gasteiger partial charge in [-0.2, -0.15) is 0 Å². The largest absolute Gasteiger partial charge is 0.152 e. The van der Waals surface area contributed by atoms with Crippen LogP contribution in [0.3, 0.4) is 0 Å². The van der Waals surface area contributed by atoms with Crippen LogP contribution in [0, 0.1) is 11.8 Å². The monoisotopic (exact) mass is 302 g/mol. The lowest BCUT2D eigenvalue weighted by Crippen LogP contribution is -2.17. The molecule has 0 saturated heterocycles. The molecule has 0 amide bonds. The van der Waals surface area contributed by atoms with E-state index in [-0.39, 0.29) is 0 Å². The van der Waals surface area contributed by atoms with Crippen LogP contribution < -0.4 is 0 Å². The Morgan fingerprint density at radius 1 is 1.40 bits per heavy atom. The molecule has 0 saturated carbocycles. The smallest absolute Gasteiger partial charge is 0.139 e. The fourth-order valence-electron chi connectivity index (χ4n) is 0.825. The molecule has 0 aliphatic rings. The number of halogens is 2. The second kappa shape index (κ2) is 5.11. The maximum atomic E-state index is 5.68. The Bertz CT molecular complexity index is 418. The van der Waals surface area contributed by atoms with Gasteiger partial charge in [0.25, 0.3) is 0 Å². The van der Waals surface area contributed by atoms with Crippen molar-refractivity contribution in [2.45, 2.75) is 25.7 Å². The van der Waals surface area contributed by atoms with Crippen LogP contribution in [-0.4, -0.2) is 18.3 Å². The van der Waals surface area contributed by atoms with E-state index < -0.39 is 8.07 Å². The zero-order valence-electron chi connectivity index (χ0n) is 8.93. The topological polar surface area (TPSA) is 25.8 Å². The Morgan fingerprint density at radius 3 is 2.60 bits per heavy atom. The third-order valence-corrected chi connectivity index (χ3v) is 3.57. The van der Waals surface area contributed by atoms with Gasteiger partial charge in [-0.1, -0.05) is 37.2 Å². The van der Waals surface area contributed by atoms with Gasteiger partial charge < -0.3 is 0 Å². The van der Waals surface area contributed by atoms with Crippen molar-refractivity contribution in [2.75, 3.05) is 0 Å². The van der Waals surface area contributed by atoms with Gasteiger partial charge >= 0.3 is 0 Å². The molecule has 80 valence electrons. The summed E-state index contributed by atoms with van der Waals surface area (Å²) in [5.74, 6) is 6.14. The summed E-state index contributed by atoms with van der Waals surface area (Å²) in [4.78, 5) is 0. The van der Waals surface area contributed by atoms with Crippen molar-refractivity contribution in [3.8, 4) is 11.8 Å². The zero-order chi connectivity index (χ0) is 11.5. The van der Waals surface area contributed by atoms with E-state index in [2.05, 4.69) is 57.6 Å². The van der Waals surface area contributed by atoms with E-state index in [1.807, 2.05) is 0 Å². The summed E-state index contributed by atoms with van der Waals surface area (Å²) in [5.41, 5.74) is 0.651. The Labute approximate surface area is 105 Å². The van der Waals surface area contributed by atoms with Crippen molar-refractivity contribution < 1.29 is 0 Å². The van der Waals surface area contributed by atoms with Crippen molar-refractivity contribution in [2.24, 2.45) is 0 Å². The van der Waals surface area contributed by atoms with E-state index in [4.69, 9.17) is 11.6 Å². The highest BCUT2D eigenvalue weighted by molar-refractivity contribution is 9.10. The summed E-state index contributed by atoms with van der Waals surface area (Å²) in [6.45, 7) is 6.85. The fourth-order valence-corrected chi connectivity index (χ4v) is 2.12. The molecule has 0 aliphatic heterocycles. The first-order valence-electron chi connectivity index (χ1n) is 4.56. The van der Waals surface area contributed by atoms with Crippen molar-refractivity contribution >= 4 is 35.6 Å². The standard InChI is InChI=1S/C10H12BrClN2Si/c1-15(2,3)6-4-5-9-8(11)7-10(12)14-13-9/h7H,6H2,1-3H3. The summed E-state index contributed by atoms with van der Waals surface area (Å²) in [6, 6.07) is 2.66. The van der Waals surface area contributed by atoms with Gasteiger partial charge in [0, 0.05) is 6.04 Å². The maximum absolute atomic E-state index is 5.68. The maximum Gasteiger partial charge on any atom is 0.152 e. The molecule has 1 heterocycles. The fraction of sp³-hybridized carbons (Fsp3) is 0.400. The molecule has 0 aromatic carbocycles. The molecule has 0 radical (unpaired) electrons. The Morgan fingerprint density at radius 2 is 2.07 bits per heavy atom. The highest BCUT2D eigenvalue weighted by Gasteiger charge is 2.10. The molecule has 0 atom stereocenters. The van der Waals surface area contributed by atoms with Crippen LogP contribution >= 0.6 is 27.5 Å². The minimum Gasteiger partial charge on any atom is -0.139 e. The zero-order valence-corrected chi connectivity index (χ0v) is 12.3. The molecular weight excluding hydrogens is 292 g/mol. The highest BCUT2D eigenvalue weighted by atomic mass is 79.9. The second-order valence-electron chi connectivity index (χ2n) is 4.40. The van der Waals surface area contributed by atoms with Crippen LogP contribution in [0.1, 0.15) is 5.69 Å². The van der Waals surface area contributed by atoms with E-state index in [1.165, 1.54) is 0 Å². The predicted molar refractivity (Wildman–Crippen MR) is 69.8 cm³/mol.